The van der Waals surface area contributed by atoms with Gasteiger partial charge < -0.3 is 5.73 Å². The minimum absolute atomic E-state index is 0.322. The zero-order valence-corrected chi connectivity index (χ0v) is 13.2. The highest BCUT2D eigenvalue weighted by atomic mass is 35.5. The molecule has 5 heteroatoms. The molecule has 2 nitrogen and oxygen atoms in total. The van der Waals surface area contributed by atoms with E-state index in [0.717, 1.165) is 39.8 Å². The first-order valence-electron chi connectivity index (χ1n) is 6.41. The average molecular weight is 307 g/mol. The van der Waals surface area contributed by atoms with Crippen LogP contribution in [-0.2, 0) is 0 Å². The van der Waals surface area contributed by atoms with Crippen molar-refractivity contribution in [3.63, 3.8) is 0 Å². The second-order valence-corrected chi connectivity index (χ2v) is 7.50. The van der Waals surface area contributed by atoms with Crippen molar-refractivity contribution in [2.24, 2.45) is 17.6 Å². The molecular weight excluding hydrogens is 287 g/mol. The summed E-state index contributed by atoms with van der Waals surface area (Å²) >= 11 is 13.7. The smallest absolute Gasteiger partial charge is 0.0991 e. The van der Waals surface area contributed by atoms with Crippen LogP contribution in [0.2, 0.25) is 8.67 Å². The van der Waals surface area contributed by atoms with Gasteiger partial charge in [-0.3, -0.25) is 4.90 Å². The van der Waals surface area contributed by atoms with Gasteiger partial charge in [0.05, 0.1) is 8.67 Å². The molecule has 3 atom stereocenters. The number of rotatable bonds is 3. The lowest BCUT2D eigenvalue weighted by molar-refractivity contribution is 0.0980. The molecule has 1 aliphatic rings. The van der Waals surface area contributed by atoms with Crippen molar-refractivity contribution in [1.82, 2.24) is 4.90 Å². The maximum atomic E-state index is 6.24. The van der Waals surface area contributed by atoms with E-state index in [9.17, 15) is 0 Å². The van der Waals surface area contributed by atoms with E-state index >= 15 is 0 Å². The standard InChI is InChI=1S/C13H20Cl2N2S/c1-8-3-4-17(7-10(8)6-16)9(2)11-5-12(14)18-13(11)15/h5,8-10H,3-4,6-7,16H2,1-2H3. The van der Waals surface area contributed by atoms with Crippen LogP contribution in [0.25, 0.3) is 0 Å². The quantitative estimate of drug-likeness (QED) is 0.913. The molecule has 1 aromatic rings. The number of piperidine rings is 1. The number of halogens is 2. The summed E-state index contributed by atoms with van der Waals surface area (Å²) in [4.78, 5) is 2.47. The van der Waals surface area contributed by atoms with Crippen molar-refractivity contribution < 1.29 is 0 Å². The van der Waals surface area contributed by atoms with E-state index in [1.165, 1.54) is 17.8 Å². The van der Waals surface area contributed by atoms with E-state index in [1.807, 2.05) is 6.07 Å². The number of nitrogens with zero attached hydrogens (tertiary/aromatic N) is 1. The summed E-state index contributed by atoms with van der Waals surface area (Å²) < 4.78 is 1.58. The van der Waals surface area contributed by atoms with Crippen molar-refractivity contribution in [2.45, 2.75) is 26.3 Å². The fourth-order valence-electron chi connectivity index (χ4n) is 2.67. The predicted octanol–water partition coefficient (Wildman–Crippen LogP) is 4.03. The first kappa shape index (κ1) is 14.6. The Morgan fingerprint density at radius 2 is 2.28 bits per heavy atom. The van der Waals surface area contributed by atoms with Crippen molar-refractivity contribution in [3.8, 4) is 0 Å². The fraction of sp³-hybridized carbons (Fsp3) is 0.692. The normalized spacial score (nSPS) is 27.4. The lowest BCUT2D eigenvalue weighted by Crippen LogP contribution is -2.43. The number of hydrogen-bond donors (Lipinski definition) is 1. The summed E-state index contributed by atoms with van der Waals surface area (Å²) in [6.07, 6.45) is 1.21. The van der Waals surface area contributed by atoms with Crippen LogP contribution in [0.1, 0.15) is 31.9 Å². The Morgan fingerprint density at radius 3 is 2.83 bits per heavy atom. The van der Waals surface area contributed by atoms with Gasteiger partial charge in [-0.05, 0) is 44.3 Å². The molecule has 18 heavy (non-hydrogen) atoms. The second-order valence-electron chi connectivity index (χ2n) is 5.21. The van der Waals surface area contributed by atoms with Gasteiger partial charge in [0.15, 0.2) is 0 Å². The molecular formula is C13H20Cl2N2S. The molecule has 0 aliphatic carbocycles. The van der Waals surface area contributed by atoms with Crippen molar-refractivity contribution >= 4 is 34.5 Å². The first-order chi connectivity index (χ1) is 8.52. The van der Waals surface area contributed by atoms with Gasteiger partial charge >= 0.3 is 0 Å². The molecule has 0 aromatic carbocycles. The lowest BCUT2D eigenvalue weighted by atomic mass is 9.86. The van der Waals surface area contributed by atoms with Gasteiger partial charge in [-0.2, -0.15) is 0 Å². The number of likely N-dealkylation sites (tertiary alicyclic amines) is 1. The van der Waals surface area contributed by atoms with Gasteiger partial charge in [-0.25, -0.2) is 0 Å². The topological polar surface area (TPSA) is 29.3 Å². The maximum absolute atomic E-state index is 6.24. The Balaban J connectivity index is 2.10. The Bertz CT molecular complexity index is 408. The summed E-state index contributed by atoms with van der Waals surface area (Å²) in [5, 5.41) is 0. The number of hydrogen-bond acceptors (Lipinski definition) is 3. The highest BCUT2D eigenvalue weighted by Crippen LogP contribution is 2.38. The van der Waals surface area contributed by atoms with Crippen molar-refractivity contribution in [3.05, 3.63) is 20.3 Å². The first-order valence-corrected chi connectivity index (χ1v) is 7.99. The van der Waals surface area contributed by atoms with Gasteiger partial charge in [-0.1, -0.05) is 30.1 Å². The molecule has 0 radical (unpaired) electrons. The van der Waals surface area contributed by atoms with Crippen molar-refractivity contribution in [2.75, 3.05) is 19.6 Å². The molecule has 0 saturated carbocycles. The van der Waals surface area contributed by atoms with E-state index in [4.69, 9.17) is 28.9 Å². The van der Waals surface area contributed by atoms with Gasteiger partial charge in [0.2, 0.25) is 0 Å². The highest BCUT2D eigenvalue weighted by Gasteiger charge is 2.29. The highest BCUT2D eigenvalue weighted by molar-refractivity contribution is 7.20. The van der Waals surface area contributed by atoms with Crippen LogP contribution < -0.4 is 5.73 Å². The molecule has 1 aliphatic heterocycles. The van der Waals surface area contributed by atoms with E-state index < -0.39 is 0 Å². The van der Waals surface area contributed by atoms with E-state index in [2.05, 4.69) is 18.7 Å². The summed E-state index contributed by atoms with van der Waals surface area (Å²) in [5.74, 6) is 1.31. The molecule has 2 N–H and O–H groups in total. The third-order valence-corrected chi connectivity index (χ3v) is 5.65. The molecule has 0 amide bonds. The largest absolute Gasteiger partial charge is 0.330 e. The summed E-state index contributed by atoms with van der Waals surface area (Å²) in [6.45, 7) is 7.44. The molecule has 1 fully saturated rings. The number of nitrogens with two attached hydrogens (primary N) is 1. The molecule has 3 unspecified atom stereocenters. The van der Waals surface area contributed by atoms with E-state index in [1.54, 1.807) is 0 Å². The molecule has 1 saturated heterocycles. The van der Waals surface area contributed by atoms with Crippen LogP contribution in [0.15, 0.2) is 6.07 Å². The Hall–Kier alpha value is 0.200. The minimum Gasteiger partial charge on any atom is -0.330 e. The Morgan fingerprint density at radius 1 is 1.56 bits per heavy atom. The van der Waals surface area contributed by atoms with Crippen LogP contribution in [-0.4, -0.2) is 24.5 Å². The minimum atomic E-state index is 0.322. The molecule has 1 aromatic heterocycles. The molecule has 0 bridgehead atoms. The van der Waals surface area contributed by atoms with Gasteiger partial charge in [0.25, 0.3) is 0 Å². The zero-order chi connectivity index (χ0) is 13.3. The van der Waals surface area contributed by atoms with Gasteiger partial charge in [-0.15, -0.1) is 11.3 Å². The second kappa shape index (κ2) is 6.10. The molecule has 0 spiro atoms. The Labute approximate surface area is 123 Å². The van der Waals surface area contributed by atoms with Crippen molar-refractivity contribution in [1.29, 1.82) is 0 Å². The molecule has 2 rings (SSSR count). The number of thiophene rings is 1. The average Bonchev–Trinajstić information content (AvgIpc) is 2.68. The molecule has 102 valence electrons. The Kier molecular flexibility index (Phi) is 4.95. The summed E-state index contributed by atoms with van der Waals surface area (Å²) in [6, 6.07) is 2.32. The predicted molar refractivity (Wildman–Crippen MR) is 80.7 cm³/mol. The zero-order valence-electron chi connectivity index (χ0n) is 10.8. The van der Waals surface area contributed by atoms with E-state index in [0.29, 0.717) is 12.0 Å². The maximum Gasteiger partial charge on any atom is 0.0991 e. The van der Waals surface area contributed by atoms with E-state index in [-0.39, 0.29) is 0 Å². The monoisotopic (exact) mass is 306 g/mol. The summed E-state index contributed by atoms with van der Waals surface area (Å²) in [7, 11) is 0. The van der Waals surface area contributed by atoms with Crippen LogP contribution in [0.4, 0.5) is 0 Å². The van der Waals surface area contributed by atoms with Gasteiger partial charge in [0, 0.05) is 18.2 Å². The SMILES string of the molecule is CC1CCN(C(C)c2cc(Cl)sc2Cl)CC1CN. The fourth-order valence-corrected chi connectivity index (χ4v) is 4.30. The van der Waals surface area contributed by atoms with Crippen LogP contribution in [0.3, 0.4) is 0 Å². The third kappa shape index (κ3) is 3.02. The van der Waals surface area contributed by atoms with Crippen LogP contribution in [0, 0.1) is 11.8 Å². The molecule has 2 heterocycles. The lowest BCUT2D eigenvalue weighted by Gasteiger charge is -2.39. The third-order valence-electron chi connectivity index (χ3n) is 4.13. The van der Waals surface area contributed by atoms with Gasteiger partial charge in [0.1, 0.15) is 0 Å². The van der Waals surface area contributed by atoms with Crippen LogP contribution in [0.5, 0.6) is 0 Å². The van der Waals surface area contributed by atoms with Crippen LogP contribution >= 0.6 is 34.5 Å². The summed E-state index contributed by atoms with van der Waals surface area (Å²) in [5.41, 5.74) is 7.01.